The average Bonchev–Trinajstić information content (AvgIpc) is 3.05. The number of hydrogen-bond acceptors (Lipinski definition) is 5. The van der Waals surface area contributed by atoms with Crippen LogP contribution >= 0.6 is 11.6 Å². The molecule has 0 bridgehead atoms. The summed E-state index contributed by atoms with van der Waals surface area (Å²) >= 11 is 5.93. The minimum Gasteiger partial charge on any atom is -0.420 e. The molecule has 3 rings (SSSR count). The van der Waals surface area contributed by atoms with Crippen molar-refractivity contribution in [2.45, 2.75) is 20.3 Å². The first kappa shape index (κ1) is 14.5. The maximum atomic E-state index is 12.2. The van der Waals surface area contributed by atoms with Gasteiger partial charge in [-0.2, -0.15) is 5.10 Å². The number of halogens is 1. The van der Waals surface area contributed by atoms with E-state index in [1.165, 1.54) is 4.68 Å². The third-order valence-corrected chi connectivity index (χ3v) is 3.32. The van der Waals surface area contributed by atoms with Crippen molar-refractivity contribution in [2.24, 2.45) is 0 Å². The molecule has 0 saturated carbocycles. The molecular formula is C15H13ClN4O2. The third-order valence-electron chi connectivity index (χ3n) is 3.09. The van der Waals surface area contributed by atoms with E-state index < -0.39 is 0 Å². The summed E-state index contributed by atoms with van der Waals surface area (Å²) in [5.41, 5.74) is 2.28. The van der Waals surface area contributed by atoms with Gasteiger partial charge in [0.2, 0.25) is 11.8 Å². The van der Waals surface area contributed by atoms with Crippen molar-refractivity contribution in [3.05, 3.63) is 52.6 Å². The molecule has 0 saturated heterocycles. The number of nitrogens with zero attached hydrogens (tertiary/aromatic N) is 4. The Balaban J connectivity index is 1.80. The first-order valence-electron chi connectivity index (χ1n) is 6.68. The van der Waals surface area contributed by atoms with Crippen molar-refractivity contribution in [3.8, 4) is 11.5 Å². The Hall–Kier alpha value is -2.47. The molecule has 0 aliphatic rings. The molecule has 112 valence electrons. The van der Waals surface area contributed by atoms with Crippen molar-refractivity contribution >= 4 is 17.5 Å². The molecule has 7 heteroatoms. The van der Waals surface area contributed by atoms with E-state index in [1.54, 1.807) is 18.2 Å². The zero-order valence-electron chi connectivity index (χ0n) is 12.1. The minimum absolute atomic E-state index is 0.00444. The van der Waals surface area contributed by atoms with Crippen LogP contribution in [0.25, 0.3) is 11.5 Å². The molecule has 3 aromatic rings. The van der Waals surface area contributed by atoms with Gasteiger partial charge in [0, 0.05) is 16.3 Å². The van der Waals surface area contributed by atoms with Crippen molar-refractivity contribution in [2.75, 3.05) is 0 Å². The zero-order valence-corrected chi connectivity index (χ0v) is 12.8. The van der Waals surface area contributed by atoms with Crippen LogP contribution in [0.15, 0.2) is 34.7 Å². The summed E-state index contributed by atoms with van der Waals surface area (Å²) in [6, 6.07) is 8.92. The van der Waals surface area contributed by atoms with Gasteiger partial charge in [-0.3, -0.25) is 4.79 Å². The summed E-state index contributed by atoms with van der Waals surface area (Å²) in [7, 11) is 0. The van der Waals surface area contributed by atoms with E-state index in [1.807, 2.05) is 26.0 Å². The lowest BCUT2D eigenvalue weighted by molar-refractivity contribution is 0.0887. The number of hydrogen-bond donors (Lipinski definition) is 0. The zero-order chi connectivity index (χ0) is 15.7. The first-order chi connectivity index (χ1) is 10.5. The highest BCUT2D eigenvalue weighted by Crippen LogP contribution is 2.21. The minimum atomic E-state index is -0.216. The van der Waals surface area contributed by atoms with Gasteiger partial charge in [0.15, 0.2) is 0 Å². The van der Waals surface area contributed by atoms with Gasteiger partial charge in [-0.1, -0.05) is 17.7 Å². The lowest BCUT2D eigenvalue weighted by Crippen LogP contribution is -2.16. The number of carbonyl (C=O) groups is 1. The Morgan fingerprint density at radius 2 is 2.09 bits per heavy atom. The number of aromatic nitrogens is 4. The van der Waals surface area contributed by atoms with E-state index in [-0.39, 0.29) is 18.2 Å². The highest BCUT2D eigenvalue weighted by molar-refractivity contribution is 6.30. The molecule has 1 aromatic carbocycles. The highest BCUT2D eigenvalue weighted by Gasteiger charge is 2.16. The maximum absolute atomic E-state index is 12.2. The molecule has 2 heterocycles. The van der Waals surface area contributed by atoms with E-state index >= 15 is 0 Å². The third kappa shape index (κ3) is 2.92. The molecule has 0 atom stereocenters. The van der Waals surface area contributed by atoms with Gasteiger partial charge in [0.05, 0.1) is 5.69 Å². The fraction of sp³-hybridized carbons (Fsp3) is 0.200. The molecule has 0 fully saturated rings. The molecule has 0 N–H and O–H groups in total. The van der Waals surface area contributed by atoms with Crippen LogP contribution in [0.2, 0.25) is 5.02 Å². The molecular weight excluding hydrogens is 304 g/mol. The quantitative estimate of drug-likeness (QED) is 0.742. The Morgan fingerprint density at radius 3 is 2.77 bits per heavy atom. The molecule has 0 aliphatic heterocycles. The van der Waals surface area contributed by atoms with Gasteiger partial charge in [0.25, 0.3) is 5.91 Å². The molecule has 6 nitrogen and oxygen atoms in total. The van der Waals surface area contributed by atoms with Crippen molar-refractivity contribution in [1.29, 1.82) is 0 Å². The Morgan fingerprint density at radius 1 is 1.27 bits per heavy atom. The van der Waals surface area contributed by atoms with Crippen LogP contribution in [-0.2, 0) is 6.42 Å². The summed E-state index contributed by atoms with van der Waals surface area (Å²) < 4.78 is 6.87. The van der Waals surface area contributed by atoms with Crippen molar-refractivity contribution in [1.82, 2.24) is 20.0 Å². The normalized spacial score (nSPS) is 10.9. The van der Waals surface area contributed by atoms with Gasteiger partial charge >= 0.3 is 0 Å². The van der Waals surface area contributed by atoms with Crippen LogP contribution in [0.5, 0.6) is 0 Å². The second-order valence-corrected chi connectivity index (χ2v) is 5.36. The van der Waals surface area contributed by atoms with Gasteiger partial charge in [-0.05, 0) is 38.1 Å². The lowest BCUT2D eigenvalue weighted by Gasteiger charge is -1.99. The Kier molecular flexibility index (Phi) is 3.77. The summed E-state index contributed by atoms with van der Waals surface area (Å²) in [5, 5.41) is 12.6. The summed E-state index contributed by atoms with van der Waals surface area (Å²) in [4.78, 5) is 12.2. The van der Waals surface area contributed by atoms with Gasteiger partial charge in [-0.15, -0.1) is 10.2 Å². The second-order valence-electron chi connectivity index (χ2n) is 4.92. The number of aryl methyl sites for hydroxylation is 2. The summed E-state index contributed by atoms with van der Waals surface area (Å²) in [6.07, 6.45) is -0.00444. The number of benzene rings is 1. The average molecular weight is 317 g/mol. The molecule has 0 amide bonds. The predicted molar refractivity (Wildman–Crippen MR) is 80.8 cm³/mol. The van der Waals surface area contributed by atoms with E-state index in [4.69, 9.17) is 16.0 Å². The van der Waals surface area contributed by atoms with Crippen LogP contribution in [0, 0.1) is 13.8 Å². The van der Waals surface area contributed by atoms with Gasteiger partial charge < -0.3 is 4.42 Å². The van der Waals surface area contributed by atoms with Gasteiger partial charge in [-0.25, -0.2) is 4.68 Å². The standard InChI is InChI=1S/C15H13ClN4O2/c1-9-6-10(2)20(19-9)14(21)8-13-17-18-15(22-13)11-4-3-5-12(16)7-11/h3-7H,8H2,1-2H3. The van der Waals surface area contributed by atoms with Crippen LogP contribution < -0.4 is 0 Å². The molecule has 22 heavy (non-hydrogen) atoms. The van der Waals surface area contributed by atoms with Crippen molar-refractivity contribution in [3.63, 3.8) is 0 Å². The molecule has 0 radical (unpaired) electrons. The number of rotatable bonds is 3. The predicted octanol–water partition coefficient (Wildman–Crippen LogP) is 3.09. The molecule has 2 aromatic heterocycles. The first-order valence-corrected chi connectivity index (χ1v) is 7.05. The van der Waals surface area contributed by atoms with E-state index in [9.17, 15) is 4.79 Å². The monoisotopic (exact) mass is 316 g/mol. The summed E-state index contributed by atoms with van der Waals surface area (Å²) in [5.74, 6) is 0.359. The van der Waals surface area contributed by atoms with E-state index in [0.29, 0.717) is 16.5 Å². The topological polar surface area (TPSA) is 73.8 Å². The lowest BCUT2D eigenvalue weighted by atomic mass is 10.2. The highest BCUT2D eigenvalue weighted by atomic mass is 35.5. The SMILES string of the molecule is Cc1cc(C)n(C(=O)Cc2nnc(-c3cccc(Cl)c3)o2)n1. The number of carbonyl (C=O) groups excluding carboxylic acids is 1. The Bertz CT molecular complexity index is 838. The van der Waals surface area contributed by atoms with Crippen LogP contribution in [0.3, 0.4) is 0 Å². The van der Waals surface area contributed by atoms with Crippen LogP contribution in [-0.4, -0.2) is 25.9 Å². The van der Waals surface area contributed by atoms with Crippen LogP contribution in [0.1, 0.15) is 22.1 Å². The fourth-order valence-electron chi connectivity index (χ4n) is 2.15. The van der Waals surface area contributed by atoms with E-state index in [0.717, 1.165) is 11.4 Å². The summed E-state index contributed by atoms with van der Waals surface area (Å²) in [6.45, 7) is 3.66. The smallest absolute Gasteiger partial charge is 0.256 e. The van der Waals surface area contributed by atoms with Crippen LogP contribution in [0.4, 0.5) is 0 Å². The largest absolute Gasteiger partial charge is 0.420 e. The van der Waals surface area contributed by atoms with Gasteiger partial charge in [0.1, 0.15) is 6.42 Å². The van der Waals surface area contributed by atoms with Crippen molar-refractivity contribution < 1.29 is 9.21 Å². The van der Waals surface area contributed by atoms with E-state index in [2.05, 4.69) is 15.3 Å². The fourth-order valence-corrected chi connectivity index (χ4v) is 2.34. The maximum Gasteiger partial charge on any atom is 0.256 e. The molecule has 0 spiro atoms. The Labute approximate surface area is 131 Å². The molecule has 0 unspecified atom stereocenters. The molecule has 0 aliphatic carbocycles. The second kappa shape index (κ2) is 5.73.